The Balaban J connectivity index is 3.28. The van der Waals surface area contributed by atoms with E-state index in [2.05, 4.69) is 0 Å². The first-order chi connectivity index (χ1) is 7.61. The number of nitrogens with zero attached hydrogens (tertiary/aromatic N) is 1. The number of nitriles is 1. The Morgan fingerprint density at radius 3 is 2.69 bits per heavy atom. The lowest BCUT2D eigenvalue weighted by molar-refractivity contribution is 0.506. The third-order valence-electron chi connectivity index (χ3n) is 2.20. The van der Waals surface area contributed by atoms with E-state index in [0.29, 0.717) is 6.42 Å². The summed E-state index contributed by atoms with van der Waals surface area (Å²) in [6.45, 7) is 1.88. The molecule has 1 aromatic carbocycles. The van der Waals surface area contributed by atoms with Crippen molar-refractivity contribution in [3.05, 3.63) is 41.0 Å². The van der Waals surface area contributed by atoms with Crippen molar-refractivity contribution in [1.82, 2.24) is 0 Å². The van der Waals surface area contributed by atoms with Crippen molar-refractivity contribution >= 4 is 5.70 Å². The predicted octanol–water partition coefficient (Wildman–Crippen LogP) is 2.96. The van der Waals surface area contributed by atoms with Gasteiger partial charge in [-0.15, -0.1) is 0 Å². The molecule has 1 rings (SSSR count). The summed E-state index contributed by atoms with van der Waals surface area (Å²) in [4.78, 5) is 0. The molecule has 0 aliphatic rings. The molecule has 0 bridgehead atoms. The van der Waals surface area contributed by atoms with Gasteiger partial charge in [-0.2, -0.15) is 5.26 Å². The average Bonchev–Trinajstić information content (AvgIpc) is 2.29. The van der Waals surface area contributed by atoms with Crippen LogP contribution in [-0.2, 0) is 0 Å². The van der Waals surface area contributed by atoms with Crippen LogP contribution in [0.2, 0.25) is 0 Å². The zero-order valence-corrected chi connectivity index (χ0v) is 8.93. The molecule has 0 spiro atoms. The number of rotatable bonds is 3. The van der Waals surface area contributed by atoms with E-state index in [-0.39, 0.29) is 16.8 Å². The molecule has 0 saturated heterocycles. The molecule has 4 heteroatoms. The van der Waals surface area contributed by atoms with Crippen LogP contribution in [0.4, 0.5) is 8.78 Å². The summed E-state index contributed by atoms with van der Waals surface area (Å²) in [7, 11) is 0. The lowest BCUT2D eigenvalue weighted by Crippen LogP contribution is -2.04. The molecule has 0 aliphatic carbocycles. The Labute approximate surface area is 93.0 Å². The highest BCUT2D eigenvalue weighted by molar-refractivity contribution is 5.69. The fourth-order valence-electron chi connectivity index (χ4n) is 1.38. The summed E-state index contributed by atoms with van der Waals surface area (Å²) in [5, 5.41) is 8.84. The lowest BCUT2D eigenvalue weighted by atomic mass is 10.0. The Hall–Kier alpha value is -1.89. The monoisotopic (exact) mass is 222 g/mol. The van der Waals surface area contributed by atoms with Gasteiger partial charge in [0, 0.05) is 5.56 Å². The third kappa shape index (κ3) is 2.37. The highest BCUT2D eigenvalue weighted by Crippen LogP contribution is 2.21. The van der Waals surface area contributed by atoms with Crippen LogP contribution in [0.25, 0.3) is 5.70 Å². The van der Waals surface area contributed by atoms with Crippen LogP contribution in [0.5, 0.6) is 0 Å². The summed E-state index contributed by atoms with van der Waals surface area (Å²) in [5.74, 6) is -1.97. The van der Waals surface area contributed by atoms with E-state index in [1.165, 1.54) is 12.1 Å². The minimum atomic E-state index is -1.01. The summed E-state index contributed by atoms with van der Waals surface area (Å²) in [5.41, 5.74) is 5.90. The van der Waals surface area contributed by atoms with Gasteiger partial charge in [0.1, 0.15) is 0 Å². The number of benzene rings is 1. The second-order valence-electron chi connectivity index (χ2n) is 3.36. The van der Waals surface area contributed by atoms with Crippen LogP contribution in [0.1, 0.15) is 25.3 Å². The minimum Gasteiger partial charge on any atom is -0.397 e. The second kappa shape index (κ2) is 5.26. The topological polar surface area (TPSA) is 49.8 Å². The highest BCUT2D eigenvalue weighted by atomic mass is 19.2. The third-order valence-corrected chi connectivity index (χ3v) is 2.20. The van der Waals surface area contributed by atoms with E-state index >= 15 is 0 Å². The maximum absolute atomic E-state index is 13.4. The van der Waals surface area contributed by atoms with E-state index in [1.54, 1.807) is 0 Å². The van der Waals surface area contributed by atoms with Crippen molar-refractivity contribution in [3.63, 3.8) is 0 Å². The molecule has 0 fully saturated rings. The van der Waals surface area contributed by atoms with Gasteiger partial charge in [-0.25, -0.2) is 8.78 Å². The van der Waals surface area contributed by atoms with Crippen LogP contribution in [0.15, 0.2) is 23.8 Å². The lowest BCUT2D eigenvalue weighted by Gasteiger charge is -2.06. The summed E-state index contributed by atoms with van der Waals surface area (Å²) in [6, 6.07) is 5.65. The Morgan fingerprint density at radius 2 is 2.12 bits per heavy atom. The molecule has 0 atom stereocenters. The van der Waals surface area contributed by atoms with Gasteiger partial charge in [0.15, 0.2) is 11.6 Å². The van der Waals surface area contributed by atoms with Crippen molar-refractivity contribution in [3.8, 4) is 6.07 Å². The van der Waals surface area contributed by atoms with Gasteiger partial charge in [-0.1, -0.05) is 19.4 Å². The van der Waals surface area contributed by atoms with Gasteiger partial charge >= 0.3 is 0 Å². The minimum absolute atomic E-state index is 0.0151. The maximum atomic E-state index is 13.4. The maximum Gasteiger partial charge on any atom is 0.168 e. The Bertz CT molecular complexity index is 459. The van der Waals surface area contributed by atoms with Crippen LogP contribution in [0, 0.1) is 23.0 Å². The largest absolute Gasteiger partial charge is 0.397 e. The highest BCUT2D eigenvalue weighted by Gasteiger charge is 2.12. The van der Waals surface area contributed by atoms with Crippen LogP contribution < -0.4 is 5.73 Å². The molecule has 2 nitrogen and oxygen atoms in total. The molecule has 1 aromatic rings. The molecule has 0 heterocycles. The SMILES string of the molecule is CCC/C(C#N)=C(/N)c1cccc(F)c1F. The molecule has 2 N–H and O–H groups in total. The van der Waals surface area contributed by atoms with Gasteiger partial charge in [-0.3, -0.25) is 0 Å². The molecule has 0 amide bonds. The molecule has 0 aromatic heterocycles. The van der Waals surface area contributed by atoms with Gasteiger partial charge in [0.25, 0.3) is 0 Å². The van der Waals surface area contributed by atoms with E-state index in [9.17, 15) is 8.78 Å². The van der Waals surface area contributed by atoms with Crippen molar-refractivity contribution in [1.29, 1.82) is 5.26 Å². The van der Waals surface area contributed by atoms with E-state index in [4.69, 9.17) is 11.0 Å². The molecule has 0 saturated carbocycles. The van der Waals surface area contributed by atoms with Gasteiger partial charge < -0.3 is 5.73 Å². The summed E-state index contributed by atoms with van der Waals surface area (Å²) < 4.78 is 26.3. The van der Waals surface area contributed by atoms with Crippen LogP contribution in [-0.4, -0.2) is 0 Å². The van der Waals surface area contributed by atoms with E-state index in [0.717, 1.165) is 12.5 Å². The van der Waals surface area contributed by atoms with Crippen molar-refractivity contribution in [2.45, 2.75) is 19.8 Å². The van der Waals surface area contributed by atoms with Crippen LogP contribution >= 0.6 is 0 Å². The van der Waals surface area contributed by atoms with Gasteiger partial charge in [0.05, 0.1) is 17.3 Å². The fourth-order valence-corrected chi connectivity index (χ4v) is 1.38. The van der Waals surface area contributed by atoms with Crippen molar-refractivity contribution < 1.29 is 8.78 Å². The number of allylic oxidation sites excluding steroid dienone is 1. The van der Waals surface area contributed by atoms with Crippen molar-refractivity contribution in [2.24, 2.45) is 5.73 Å². The first-order valence-corrected chi connectivity index (χ1v) is 4.94. The Kier molecular flexibility index (Phi) is 4.01. The quantitative estimate of drug-likeness (QED) is 0.799. The molecule has 84 valence electrons. The van der Waals surface area contributed by atoms with E-state index in [1.807, 2.05) is 13.0 Å². The first kappa shape index (κ1) is 12.2. The average molecular weight is 222 g/mol. The smallest absolute Gasteiger partial charge is 0.168 e. The normalized spacial score (nSPS) is 11.9. The predicted molar refractivity (Wildman–Crippen MR) is 58.0 cm³/mol. The van der Waals surface area contributed by atoms with Gasteiger partial charge in [-0.05, 0) is 18.6 Å². The Morgan fingerprint density at radius 1 is 1.44 bits per heavy atom. The molecular formula is C12H12F2N2. The zero-order valence-electron chi connectivity index (χ0n) is 8.93. The summed E-state index contributed by atoms with van der Waals surface area (Å²) in [6.07, 6.45) is 1.18. The van der Waals surface area contributed by atoms with E-state index < -0.39 is 11.6 Å². The van der Waals surface area contributed by atoms with Crippen molar-refractivity contribution in [2.75, 3.05) is 0 Å². The molecule has 16 heavy (non-hydrogen) atoms. The number of nitrogens with two attached hydrogens (primary N) is 1. The van der Waals surface area contributed by atoms with Crippen LogP contribution in [0.3, 0.4) is 0 Å². The molecule has 0 aliphatic heterocycles. The number of hydrogen-bond acceptors (Lipinski definition) is 2. The standard InChI is InChI=1S/C12H12F2N2/c1-2-4-8(7-15)12(16)9-5-3-6-10(13)11(9)14/h3,5-6H,2,4,16H2,1H3/b12-8-. The molecular weight excluding hydrogens is 210 g/mol. The van der Waals surface area contributed by atoms with Gasteiger partial charge in [0.2, 0.25) is 0 Å². The number of hydrogen-bond donors (Lipinski definition) is 1. The zero-order chi connectivity index (χ0) is 12.1. The second-order valence-corrected chi connectivity index (χ2v) is 3.36. The fraction of sp³-hybridized carbons (Fsp3) is 0.250. The molecule has 0 radical (unpaired) electrons. The molecule has 0 unspecified atom stereocenters. The summed E-state index contributed by atoms with van der Waals surface area (Å²) >= 11 is 0. The number of halogens is 2. The first-order valence-electron chi connectivity index (χ1n) is 4.94.